The number of hydrazone groups is 1. The summed E-state index contributed by atoms with van der Waals surface area (Å²) in [5.41, 5.74) is 0. The number of carbonyl (C=O) groups excluding carboxylic acids is 2. The van der Waals surface area contributed by atoms with Crippen LogP contribution in [-0.4, -0.2) is 59.4 Å². The van der Waals surface area contributed by atoms with E-state index in [1.54, 1.807) is 11.1 Å². The van der Waals surface area contributed by atoms with Crippen LogP contribution in [0.15, 0.2) is 5.10 Å². The van der Waals surface area contributed by atoms with Crippen molar-refractivity contribution in [1.82, 2.24) is 9.91 Å². The molecule has 7 heteroatoms. The lowest BCUT2D eigenvalue weighted by molar-refractivity contribution is -0.132. The predicted molar refractivity (Wildman–Crippen MR) is 97.9 cm³/mol. The third-order valence-corrected chi connectivity index (χ3v) is 6.80. The third-order valence-electron chi connectivity index (χ3n) is 6.80. The van der Waals surface area contributed by atoms with Gasteiger partial charge in [-0.05, 0) is 31.6 Å². The Labute approximate surface area is 159 Å². The summed E-state index contributed by atoms with van der Waals surface area (Å²) in [5, 5.41) is 5.61. The SMILES string of the molecule is O=C(C1CCCCC1)C1CN(C(=O)N2N=CC[C@H]2C2CC(F)CC(F)C2)C1. The molecule has 1 saturated heterocycles. The Morgan fingerprint density at radius 3 is 2.26 bits per heavy atom. The number of hydrogen-bond donors (Lipinski definition) is 0. The zero-order chi connectivity index (χ0) is 19.0. The molecule has 150 valence electrons. The van der Waals surface area contributed by atoms with Crippen molar-refractivity contribution in [3.05, 3.63) is 0 Å². The number of rotatable bonds is 3. The highest BCUT2D eigenvalue weighted by molar-refractivity contribution is 5.87. The summed E-state index contributed by atoms with van der Waals surface area (Å²) in [6.45, 7) is 0.907. The van der Waals surface area contributed by atoms with Gasteiger partial charge in [0.25, 0.3) is 0 Å². The molecule has 2 aliphatic heterocycles. The normalized spacial score (nSPS) is 35.3. The van der Waals surface area contributed by atoms with Crippen molar-refractivity contribution in [2.45, 2.75) is 76.2 Å². The van der Waals surface area contributed by atoms with Gasteiger partial charge in [-0.3, -0.25) is 4.79 Å². The number of carbonyl (C=O) groups is 2. The summed E-state index contributed by atoms with van der Waals surface area (Å²) in [6, 6.07) is -0.486. The largest absolute Gasteiger partial charge is 0.340 e. The van der Waals surface area contributed by atoms with E-state index in [9.17, 15) is 18.4 Å². The number of urea groups is 1. The predicted octanol–water partition coefficient (Wildman–Crippen LogP) is 3.72. The van der Waals surface area contributed by atoms with Crippen molar-refractivity contribution in [1.29, 1.82) is 0 Å². The molecular weight excluding hydrogens is 352 g/mol. The molecule has 0 aromatic heterocycles. The first-order valence-electron chi connectivity index (χ1n) is 10.5. The Hall–Kier alpha value is -1.53. The van der Waals surface area contributed by atoms with Crippen LogP contribution in [-0.2, 0) is 4.79 Å². The minimum atomic E-state index is -1.14. The maximum atomic E-state index is 13.8. The summed E-state index contributed by atoms with van der Waals surface area (Å²) in [4.78, 5) is 27.1. The van der Waals surface area contributed by atoms with Crippen molar-refractivity contribution in [3.63, 3.8) is 0 Å². The number of amides is 2. The zero-order valence-electron chi connectivity index (χ0n) is 15.7. The molecule has 0 radical (unpaired) electrons. The van der Waals surface area contributed by atoms with Gasteiger partial charge in [0, 0.05) is 38.1 Å². The summed E-state index contributed by atoms with van der Waals surface area (Å²) in [7, 11) is 0. The Morgan fingerprint density at radius 1 is 0.926 bits per heavy atom. The fourth-order valence-corrected chi connectivity index (χ4v) is 5.23. The van der Waals surface area contributed by atoms with Crippen LogP contribution in [0.5, 0.6) is 0 Å². The minimum Gasteiger partial charge on any atom is -0.322 e. The molecule has 3 fully saturated rings. The molecule has 2 unspecified atom stereocenters. The van der Waals surface area contributed by atoms with Gasteiger partial charge in [0.2, 0.25) is 0 Å². The summed E-state index contributed by atoms with van der Waals surface area (Å²) in [5.74, 6) is 0.232. The average molecular weight is 381 g/mol. The van der Waals surface area contributed by atoms with Gasteiger partial charge >= 0.3 is 6.03 Å². The van der Waals surface area contributed by atoms with Gasteiger partial charge in [-0.25, -0.2) is 18.6 Å². The van der Waals surface area contributed by atoms with Gasteiger partial charge in [-0.2, -0.15) is 5.10 Å². The Balaban J connectivity index is 1.31. The first-order valence-corrected chi connectivity index (χ1v) is 10.5. The van der Waals surface area contributed by atoms with Gasteiger partial charge < -0.3 is 4.90 Å². The topological polar surface area (TPSA) is 53.0 Å². The van der Waals surface area contributed by atoms with Crippen LogP contribution in [0, 0.1) is 17.8 Å². The highest BCUT2D eigenvalue weighted by Crippen LogP contribution is 2.37. The van der Waals surface area contributed by atoms with Crippen LogP contribution in [0.2, 0.25) is 0 Å². The highest BCUT2D eigenvalue weighted by Gasteiger charge is 2.44. The number of halogens is 2. The molecule has 0 bridgehead atoms. The van der Waals surface area contributed by atoms with E-state index in [-0.39, 0.29) is 36.2 Å². The molecule has 0 N–H and O–H groups in total. The van der Waals surface area contributed by atoms with Crippen LogP contribution in [0.1, 0.15) is 57.8 Å². The van der Waals surface area contributed by atoms with E-state index in [1.807, 2.05) is 0 Å². The standard InChI is InChI=1S/C20H29F2N3O2/c21-16-8-14(9-17(22)10-16)18-6-7-23-25(18)20(27)24-11-15(12-24)19(26)13-4-2-1-3-5-13/h7,13-18H,1-6,8-12H2/t14?,16?,17?,18-/m0/s1. The number of nitrogens with zero attached hydrogens (tertiary/aromatic N) is 3. The first kappa shape index (κ1) is 18.8. The first-order chi connectivity index (χ1) is 13.0. The fraction of sp³-hybridized carbons (Fsp3) is 0.850. The van der Waals surface area contributed by atoms with Crippen molar-refractivity contribution in [2.75, 3.05) is 13.1 Å². The molecule has 2 aliphatic carbocycles. The van der Waals surface area contributed by atoms with Gasteiger partial charge in [0.15, 0.2) is 0 Å². The second kappa shape index (κ2) is 7.84. The molecule has 0 aromatic carbocycles. The molecule has 0 aromatic rings. The van der Waals surface area contributed by atoms with E-state index in [1.165, 1.54) is 11.4 Å². The van der Waals surface area contributed by atoms with E-state index >= 15 is 0 Å². The average Bonchev–Trinajstić information content (AvgIpc) is 3.10. The smallest absolute Gasteiger partial charge is 0.322 e. The van der Waals surface area contributed by atoms with Crippen LogP contribution in [0.3, 0.4) is 0 Å². The lowest BCUT2D eigenvalue weighted by atomic mass is 9.79. The Bertz CT molecular complexity index is 592. The second-order valence-electron chi connectivity index (χ2n) is 8.73. The molecule has 4 aliphatic rings. The number of hydrogen-bond acceptors (Lipinski definition) is 3. The number of ketones is 1. The minimum absolute atomic E-state index is 0.0326. The second-order valence-corrected chi connectivity index (χ2v) is 8.73. The number of Topliss-reactive ketones (excluding diaryl/α,β-unsaturated/α-hetero) is 1. The van der Waals surface area contributed by atoms with Crippen LogP contribution in [0.25, 0.3) is 0 Å². The highest BCUT2D eigenvalue weighted by atomic mass is 19.1. The molecule has 3 atom stereocenters. The van der Waals surface area contributed by atoms with Crippen molar-refractivity contribution >= 4 is 18.0 Å². The number of alkyl halides is 2. The number of likely N-dealkylation sites (tertiary alicyclic amines) is 1. The van der Waals surface area contributed by atoms with Crippen LogP contribution >= 0.6 is 0 Å². The van der Waals surface area contributed by atoms with E-state index in [0.29, 0.717) is 38.1 Å². The summed E-state index contributed by atoms with van der Waals surface area (Å²) < 4.78 is 27.6. The fourth-order valence-electron chi connectivity index (χ4n) is 5.23. The van der Waals surface area contributed by atoms with Gasteiger partial charge in [0.1, 0.15) is 18.1 Å². The van der Waals surface area contributed by atoms with Crippen molar-refractivity contribution < 1.29 is 18.4 Å². The summed E-state index contributed by atoms with van der Waals surface area (Å²) >= 11 is 0. The van der Waals surface area contributed by atoms with E-state index in [4.69, 9.17) is 0 Å². The van der Waals surface area contributed by atoms with E-state index in [2.05, 4.69) is 5.10 Å². The molecule has 0 spiro atoms. The van der Waals surface area contributed by atoms with E-state index < -0.39 is 12.3 Å². The van der Waals surface area contributed by atoms with Crippen molar-refractivity contribution in [2.24, 2.45) is 22.9 Å². The Kier molecular flexibility index (Phi) is 5.46. The van der Waals surface area contributed by atoms with Crippen molar-refractivity contribution in [3.8, 4) is 0 Å². The molecule has 5 nitrogen and oxygen atoms in total. The maximum absolute atomic E-state index is 13.8. The van der Waals surface area contributed by atoms with E-state index in [0.717, 1.165) is 25.7 Å². The monoisotopic (exact) mass is 381 g/mol. The molecule has 2 heterocycles. The molecule has 27 heavy (non-hydrogen) atoms. The van der Waals surface area contributed by atoms with Gasteiger partial charge in [-0.1, -0.05) is 19.3 Å². The molecular formula is C20H29F2N3O2. The molecule has 2 amide bonds. The van der Waals surface area contributed by atoms with Crippen LogP contribution < -0.4 is 0 Å². The van der Waals surface area contributed by atoms with Gasteiger partial charge in [0.05, 0.1) is 12.0 Å². The maximum Gasteiger partial charge on any atom is 0.340 e. The molecule has 2 saturated carbocycles. The zero-order valence-corrected chi connectivity index (χ0v) is 15.7. The Morgan fingerprint density at radius 2 is 1.59 bits per heavy atom. The third kappa shape index (κ3) is 3.87. The summed E-state index contributed by atoms with van der Waals surface area (Å²) in [6.07, 6.45) is 5.93. The lowest BCUT2D eigenvalue weighted by Gasteiger charge is -2.43. The quantitative estimate of drug-likeness (QED) is 0.748. The molecule has 4 rings (SSSR count). The van der Waals surface area contributed by atoms with Gasteiger partial charge in [-0.15, -0.1) is 0 Å². The lowest BCUT2D eigenvalue weighted by Crippen LogP contribution is -2.58. The van der Waals surface area contributed by atoms with Crippen LogP contribution in [0.4, 0.5) is 13.6 Å².